The van der Waals surface area contributed by atoms with E-state index in [1.54, 1.807) is 19.2 Å². The number of hydrogen-bond donors (Lipinski definition) is 2. The van der Waals surface area contributed by atoms with Crippen LogP contribution < -0.4 is 15.8 Å². The Kier molecular flexibility index (Phi) is 5.03. The van der Waals surface area contributed by atoms with Gasteiger partial charge in [-0.1, -0.05) is 0 Å². The molecule has 1 aliphatic rings. The maximum absolute atomic E-state index is 12.0. The Balaban J connectivity index is 1.81. The van der Waals surface area contributed by atoms with Gasteiger partial charge in [0.15, 0.2) is 5.82 Å². The second-order valence-corrected chi connectivity index (χ2v) is 4.91. The Labute approximate surface area is 119 Å². The number of rotatable bonds is 5. The molecule has 0 aliphatic carbocycles. The lowest BCUT2D eigenvalue weighted by Crippen LogP contribution is -2.36. The molecule has 2 heterocycles. The molecule has 20 heavy (non-hydrogen) atoms. The monoisotopic (exact) mass is 278 g/mol. The summed E-state index contributed by atoms with van der Waals surface area (Å²) in [6.07, 6.45) is 3.91. The lowest BCUT2D eigenvalue weighted by atomic mass is 10.1. The molecule has 6 heteroatoms. The summed E-state index contributed by atoms with van der Waals surface area (Å²) in [5.41, 5.74) is 6.38. The zero-order chi connectivity index (χ0) is 14.4. The van der Waals surface area contributed by atoms with Crippen molar-refractivity contribution in [3.8, 4) is 5.88 Å². The molecular formula is C14H22N4O2. The van der Waals surface area contributed by atoms with Crippen molar-refractivity contribution in [3.05, 3.63) is 12.1 Å². The van der Waals surface area contributed by atoms with E-state index in [0.29, 0.717) is 30.4 Å². The van der Waals surface area contributed by atoms with Gasteiger partial charge in [-0.2, -0.15) is 4.98 Å². The van der Waals surface area contributed by atoms with E-state index in [-0.39, 0.29) is 5.91 Å². The van der Waals surface area contributed by atoms with Crippen LogP contribution in [-0.2, 0) is 4.79 Å². The minimum atomic E-state index is 0.193. The van der Waals surface area contributed by atoms with E-state index < -0.39 is 0 Å². The van der Waals surface area contributed by atoms with Crippen molar-refractivity contribution >= 4 is 17.4 Å². The molecule has 1 aromatic rings. The molecular weight excluding hydrogens is 256 g/mol. The second-order valence-electron chi connectivity index (χ2n) is 4.91. The van der Waals surface area contributed by atoms with Crippen LogP contribution in [0.3, 0.4) is 0 Å². The van der Waals surface area contributed by atoms with Crippen LogP contribution in [0.1, 0.15) is 25.7 Å². The van der Waals surface area contributed by atoms with Crippen molar-refractivity contribution in [2.45, 2.75) is 25.7 Å². The maximum atomic E-state index is 12.0. The predicted molar refractivity (Wildman–Crippen MR) is 78.7 cm³/mol. The van der Waals surface area contributed by atoms with Gasteiger partial charge >= 0.3 is 0 Å². The molecule has 0 saturated carbocycles. The second kappa shape index (κ2) is 6.98. The van der Waals surface area contributed by atoms with Gasteiger partial charge in [0.2, 0.25) is 11.8 Å². The number of nitrogens with zero attached hydrogens (tertiary/aromatic N) is 2. The summed E-state index contributed by atoms with van der Waals surface area (Å²) in [7, 11) is 1.56. The minimum absolute atomic E-state index is 0.193. The Morgan fingerprint density at radius 3 is 2.85 bits per heavy atom. The number of nitrogens with one attached hydrogen (secondary N) is 1. The summed E-state index contributed by atoms with van der Waals surface area (Å²) < 4.78 is 5.05. The fourth-order valence-electron chi connectivity index (χ4n) is 2.30. The van der Waals surface area contributed by atoms with Gasteiger partial charge in [-0.25, -0.2) is 0 Å². The van der Waals surface area contributed by atoms with Crippen molar-refractivity contribution in [2.24, 2.45) is 0 Å². The first-order chi connectivity index (χ1) is 9.70. The highest BCUT2D eigenvalue weighted by atomic mass is 16.5. The third-order valence-corrected chi connectivity index (χ3v) is 3.45. The molecule has 1 aliphatic heterocycles. The van der Waals surface area contributed by atoms with Crippen molar-refractivity contribution in [1.82, 2.24) is 9.88 Å². The average molecular weight is 278 g/mol. The summed E-state index contributed by atoms with van der Waals surface area (Å²) in [5.74, 6) is 1.26. The number of hydrogen-bond acceptors (Lipinski definition) is 5. The molecule has 0 atom stereocenters. The molecule has 0 bridgehead atoms. The Bertz CT molecular complexity index is 458. The highest BCUT2D eigenvalue weighted by Gasteiger charge is 2.15. The van der Waals surface area contributed by atoms with E-state index in [1.807, 2.05) is 4.90 Å². The molecule has 2 rings (SSSR count). The number of ether oxygens (including phenoxy) is 1. The summed E-state index contributed by atoms with van der Waals surface area (Å²) >= 11 is 0. The number of likely N-dealkylation sites (tertiary alicyclic amines) is 1. The molecule has 0 spiro atoms. The SMILES string of the molecule is COc1ccc(N)c(NCCC(=O)N2CCCCC2)n1. The first-order valence-electron chi connectivity index (χ1n) is 7.03. The number of aromatic nitrogens is 1. The number of methoxy groups -OCH3 is 1. The maximum Gasteiger partial charge on any atom is 0.224 e. The topological polar surface area (TPSA) is 80.5 Å². The average Bonchev–Trinajstić information content (AvgIpc) is 2.50. The van der Waals surface area contributed by atoms with E-state index >= 15 is 0 Å². The lowest BCUT2D eigenvalue weighted by Gasteiger charge is -2.26. The molecule has 1 amide bonds. The van der Waals surface area contributed by atoms with Crippen LogP contribution in [0.4, 0.5) is 11.5 Å². The van der Waals surface area contributed by atoms with Gasteiger partial charge in [0.25, 0.3) is 0 Å². The molecule has 0 aromatic carbocycles. The predicted octanol–water partition coefficient (Wildman–Crippen LogP) is 1.49. The van der Waals surface area contributed by atoms with Crippen molar-refractivity contribution in [2.75, 3.05) is 37.8 Å². The Hall–Kier alpha value is -1.98. The van der Waals surface area contributed by atoms with Crippen molar-refractivity contribution < 1.29 is 9.53 Å². The van der Waals surface area contributed by atoms with Gasteiger partial charge in [-0.3, -0.25) is 4.79 Å². The fraction of sp³-hybridized carbons (Fsp3) is 0.571. The van der Waals surface area contributed by atoms with Crippen molar-refractivity contribution in [1.29, 1.82) is 0 Å². The van der Waals surface area contributed by atoms with Gasteiger partial charge in [0, 0.05) is 32.1 Å². The molecule has 0 unspecified atom stereocenters. The number of nitrogen functional groups attached to an aromatic ring is 1. The molecule has 110 valence electrons. The van der Waals surface area contributed by atoms with Crippen LogP contribution in [-0.4, -0.2) is 42.5 Å². The highest BCUT2D eigenvalue weighted by molar-refractivity contribution is 5.77. The summed E-state index contributed by atoms with van der Waals surface area (Å²) in [5, 5.41) is 3.09. The van der Waals surface area contributed by atoms with Crippen LogP contribution in [0.5, 0.6) is 5.88 Å². The van der Waals surface area contributed by atoms with Gasteiger partial charge < -0.3 is 20.7 Å². The smallest absolute Gasteiger partial charge is 0.224 e. The molecule has 3 N–H and O–H groups in total. The van der Waals surface area contributed by atoms with Gasteiger partial charge in [0.1, 0.15) is 0 Å². The Morgan fingerprint density at radius 2 is 2.15 bits per heavy atom. The lowest BCUT2D eigenvalue weighted by molar-refractivity contribution is -0.131. The molecule has 0 radical (unpaired) electrons. The largest absolute Gasteiger partial charge is 0.481 e. The number of nitrogens with two attached hydrogens (primary N) is 1. The molecule has 1 saturated heterocycles. The highest BCUT2D eigenvalue weighted by Crippen LogP contribution is 2.19. The van der Waals surface area contributed by atoms with Crippen molar-refractivity contribution in [3.63, 3.8) is 0 Å². The van der Waals surface area contributed by atoms with Crippen LogP contribution in [0.2, 0.25) is 0 Å². The molecule has 6 nitrogen and oxygen atoms in total. The zero-order valence-corrected chi connectivity index (χ0v) is 11.9. The van der Waals surface area contributed by atoms with E-state index in [0.717, 1.165) is 25.9 Å². The van der Waals surface area contributed by atoms with E-state index in [1.165, 1.54) is 6.42 Å². The summed E-state index contributed by atoms with van der Waals surface area (Å²) in [6.45, 7) is 2.30. The standard InChI is InChI=1S/C14H22N4O2/c1-20-12-6-5-11(15)14(17-12)16-8-7-13(19)18-9-3-2-4-10-18/h5-6H,2-4,7-10,15H2,1H3,(H,16,17). The van der Waals surface area contributed by atoms with Gasteiger partial charge in [-0.15, -0.1) is 0 Å². The minimum Gasteiger partial charge on any atom is -0.481 e. The van der Waals surface area contributed by atoms with E-state index in [2.05, 4.69) is 10.3 Å². The van der Waals surface area contributed by atoms with Crippen LogP contribution >= 0.6 is 0 Å². The molecule has 1 fully saturated rings. The third-order valence-electron chi connectivity index (χ3n) is 3.45. The van der Waals surface area contributed by atoms with Crippen LogP contribution in [0.15, 0.2) is 12.1 Å². The van der Waals surface area contributed by atoms with Gasteiger partial charge in [-0.05, 0) is 25.3 Å². The fourth-order valence-corrected chi connectivity index (χ4v) is 2.30. The number of carbonyl (C=O) groups excluding carboxylic acids is 1. The van der Waals surface area contributed by atoms with Crippen LogP contribution in [0, 0.1) is 0 Å². The van der Waals surface area contributed by atoms with E-state index in [9.17, 15) is 4.79 Å². The molecule has 1 aromatic heterocycles. The third kappa shape index (κ3) is 3.76. The summed E-state index contributed by atoms with van der Waals surface area (Å²) in [6, 6.07) is 3.44. The Morgan fingerprint density at radius 1 is 1.40 bits per heavy atom. The number of piperidine rings is 1. The quantitative estimate of drug-likeness (QED) is 0.853. The summed E-state index contributed by atoms with van der Waals surface area (Å²) in [4.78, 5) is 18.2. The number of anilines is 2. The zero-order valence-electron chi connectivity index (χ0n) is 11.9. The first-order valence-corrected chi connectivity index (χ1v) is 7.03. The first kappa shape index (κ1) is 14.4. The normalized spacial score (nSPS) is 14.9. The van der Waals surface area contributed by atoms with Gasteiger partial charge in [0.05, 0.1) is 12.8 Å². The van der Waals surface area contributed by atoms with E-state index in [4.69, 9.17) is 10.5 Å². The number of carbonyl (C=O) groups is 1. The number of pyridine rings is 1. The number of amides is 1. The van der Waals surface area contributed by atoms with Crippen LogP contribution in [0.25, 0.3) is 0 Å².